The first kappa shape index (κ1) is 5.30. The average molecular weight is 133 g/mol. The average Bonchev–Trinajstić information content (AvgIpc) is 1.85. The lowest BCUT2D eigenvalue weighted by molar-refractivity contribution is -0.117. The van der Waals surface area contributed by atoms with Crippen molar-refractivity contribution in [3.63, 3.8) is 0 Å². The summed E-state index contributed by atoms with van der Waals surface area (Å²) < 4.78 is 12.2. The molecule has 0 saturated carbocycles. The van der Waals surface area contributed by atoms with Crippen molar-refractivity contribution in [3.8, 4) is 0 Å². The van der Waals surface area contributed by atoms with Crippen molar-refractivity contribution in [1.82, 2.24) is 4.72 Å². The Morgan fingerprint density at radius 1 is 1.75 bits per heavy atom. The Balaban J connectivity index is 2.88. The highest BCUT2D eigenvalue weighted by atomic mass is 32.2. The van der Waals surface area contributed by atoms with Gasteiger partial charge in [0.1, 0.15) is 11.0 Å². The Labute approximate surface area is 47.8 Å². The van der Waals surface area contributed by atoms with E-state index >= 15 is 0 Å². The second-order valence-corrected chi connectivity index (χ2v) is 2.27. The molecule has 0 aromatic carbocycles. The van der Waals surface area contributed by atoms with Crippen LogP contribution in [-0.2, 0) is 15.8 Å². The molecule has 5 heteroatoms. The molecule has 0 aromatic rings. The molecule has 0 aliphatic carbocycles. The summed E-state index contributed by atoms with van der Waals surface area (Å²) in [5, 5.41) is 9.37. The third-order valence-corrected chi connectivity index (χ3v) is 1.47. The Kier molecular flexibility index (Phi) is 1.05. The van der Waals surface area contributed by atoms with E-state index in [1.807, 2.05) is 4.72 Å². The number of rotatable bonds is 0. The number of carbonyl (C=O) groups excluding carboxylic acids is 1. The van der Waals surface area contributed by atoms with Crippen LogP contribution in [0.1, 0.15) is 0 Å². The van der Waals surface area contributed by atoms with Crippen LogP contribution in [0.15, 0.2) is 11.2 Å². The standard InChI is InChI=1S/C3H3NO3S/c5-2-1-8(7)4-3(2)6/h1,5H,(H,4,6). The first-order chi connectivity index (χ1) is 3.70. The van der Waals surface area contributed by atoms with Gasteiger partial charge in [0.05, 0.1) is 5.41 Å². The fourth-order valence-corrected chi connectivity index (χ4v) is 0.984. The molecule has 0 radical (unpaired) electrons. The Morgan fingerprint density at radius 2 is 2.38 bits per heavy atom. The van der Waals surface area contributed by atoms with E-state index in [-0.39, 0.29) is 0 Å². The largest absolute Gasteiger partial charge is 0.503 e. The van der Waals surface area contributed by atoms with Crippen molar-refractivity contribution in [2.45, 2.75) is 0 Å². The minimum atomic E-state index is -1.49. The highest BCUT2D eigenvalue weighted by Gasteiger charge is 2.17. The Hall–Kier alpha value is -0.840. The van der Waals surface area contributed by atoms with Gasteiger partial charge in [-0.15, -0.1) is 0 Å². The van der Waals surface area contributed by atoms with Gasteiger partial charge in [0, 0.05) is 0 Å². The molecule has 1 unspecified atom stereocenters. The van der Waals surface area contributed by atoms with Gasteiger partial charge in [-0.05, 0) is 0 Å². The summed E-state index contributed by atoms with van der Waals surface area (Å²) in [6.07, 6.45) is 0. The van der Waals surface area contributed by atoms with Crippen molar-refractivity contribution in [3.05, 3.63) is 11.2 Å². The molecule has 0 aromatic heterocycles. The maximum Gasteiger partial charge on any atom is 0.298 e. The molecule has 0 bridgehead atoms. The van der Waals surface area contributed by atoms with Crippen LogP contribution in [0.3, 0.4) is 0 Å². The fourth-order valence-electron chi connectivity index (χ4n) is 0.328. The molecule has 8 heavy (non-hydrogen) atoms. The zero-order chi connectivity index (χ0) is 6.15. The summed E-state index contributed by atoms with van der Waals surface area (Å²) in [5.41, 5.74) is 0. The number of aliphatic hydroxyl groups excluding tert-OH is 1. The zero-order valence-corrected chi connectivity index (χ0v) is 4.57. The molecule has 2 N–H and O–H groups in total. The van der Waals surface area contributed by atoms with Crippen LogP contribution in [-0.4, -0.2) is 15.2 Å². The lowest BCUT2D eigenvalue weighted by Crippen LogP contribution is -2.17. The third-order valence-electron chi connectivity index (χ3n) is 0.645. The van der Waals surface area contributed by atoms with Gasteiger partial charge < -0.3 is 5.11 Å². The molecule has 1 aliphatic rings. The molecule has 1 amide bonds. The van der Waals surface area contributed by atoms with Crippen molar-refractivity contribution in [2.24, 2.45) is 0 Å². The first-order valence-electron chi connectivity index (χ1n) is 1.82. The molecule has 0 saturated heterocycles. The van der Waals surface area contributed by atoms with Gasteiger partial charge in [0.15, 0.2) is 5.76 Å². The van der Waals surface area contributed by atoms with E-state index in [1.54, 1.807) is 0 Å². The van der Waals surface area contributed by atoms with Gasteiger partial charge in [-0.3, -0.25) is 9.52 Å². The van der Waals surface area contributed by atoms with Crippen molar-refractivity contribution < 1.29 is 14.1 Å². The summed E-state index contributed by atoms with van der Waals surface area (Å²) in [6.45, 7) is 0. The van der Waals surface area contributed by atoms with Gasteiger partial charge in [-0.2, -0.15) is 0 Å². The van der Waals surface area contributed by atoms with Gasteiger partial charge in [-0.25, -0.2) is 4.21 Å². The smallest absolute Gasteiger partial charge is 0.298 e. The van der Waals surface area contributed by atoms with E-state index in [4.69, 9.17) is 5.11 Å². The van der Waals surface area contributed by atoms with E-state index in [0.717, 1.165) is 5.41 Å². The molecule has 44 valence electrons. The van der Waals surface area contributed by atoms with Gasteiger partial charge in [0.25, 0.3) is 5.91 Å². The van der Waals surface area contributed by atoms with Gasteiger partial charge >= 0.3 is 0 Å². The second-order valence-electron chi connectivity index (χ2n) is 1.23. The molecule has 1 heterocycles. The van der Waals surface area contributed by atoms with Crippen LogP contribution in [0.4, 0.5) is 0 Å². The number of hydrogen-bond donors (Lipinski definition) is 2. The zero-order valence-electron chi connectivity index (χ0n) is 3.75. The molecule has 1 rings (SSSR count). The lowest BCUT2D eigenvalue weighted by Gasteiger charge is -1.84. The number of carbonyl (C=O) groups is 1. The SMILES string of the molecule is O=C1NS(=O)C=C1O. The van der Waals surface area contributed by atoms with Crippen molar-refractivity contribution >= 4 is 16.9 Å². The molecule has 1 aliphatic heterocycles. The fraction of sp³-hybridized carbons (Fsp3) is 0. The Morgan fingerprint density at radius 3 is 2.50 bits per heavy atom. The van der Waals surface area contributed by atoms with Crippen molar-refractivity contribution in [2.75, 3.05) is 0 Å². The van der Waals surface area contributed by atoms with Gasteiger partial charge in [-0.1, -0.05) is 0 Å². The first-order valence-corrected chi connectivity index (χ1v) is 3.04. The summed E-state index contributed by atoms with van der Waals surface area (Å²) >= 11 is 0. The minimum Gasteiger partial charge on any atom is -0.503 e. The second kappa shape index (κ2) is 1.59. The third kappa shape index (κ3) is 0.717. The van der Waals surface area contributed by atoms with E-state index in [2.05, 4.69) is 0 Å². The maximum atomic E-state index is 10.2. The lowest BCUT2D eigenvalue weighted by atomic mass is 10.6. The van der Waals surface area contributed by atoms with Crippen LogP contribution in [0.25, 0.3) is 0 Å². The van der Waals surface area contributed by atoms with E-state index in [1.165, 1.54) is 0 Å². The monoisotopic (exact) mass is 133 g/mol. The number of hydrogen-bond acceptors (Lipinski definition) is 3. The van der Waals surface area contributed by atoms with Crippen LogP contribution in [0.2, 0.25) is 0 Å². The molecule has 0 spiro atoms. The van der Waals surface area contributed by atoms with E-state index in [0.29, 0.717) is 0 Å². The van der Waals surface area contributed by atoms with Crippen molar-refractivity contribution in [1.29, 1.82) is 0 Å². The van der Waals surface area contributed by atoms with E-state index < -0.39 is 22.7 Å². The summed E-state index contributed by atoms with van der Waals surface area (Å²) in [6, 6.07) is 0. The van der Waals surface area contributed by atoms with Crippen LogP contribution in [0, 0.1) is 0 Å². The molecule has 4 nitrogen and oxygen atoms in total. The number of nitrogens with one attached hydrogen (secondary N) is 1. The molecular weight excluding hydrogens is 130 g/mol. The topological polar surface area (TPSA) is 66.4 Å². The highest BCUT2D eigenvalue weighted by Crippen LogP contribution is 1.98. The predicted octanol–water partition coefficient (Wildman–Crippen LogP) is -0.821. The maximum absolute atomic E-state index is 10.2. The molecule has 0 fully saturated rings. The summed E-state index contributed by atoms with van der Waals surface area (Å²) in [4.78, 5) is 10.2. The highest BCUT2D eigenvalue weighted by molar-refractivity contribution is 7.87. The van der Waals surface area contributed by atoms with Crippen LogP contribution < -0.4 is 4.72 Å². The molecule has 1 atom stereocenters. The minimum absolute atomic E-state index is 0.469. The predicted molar refractivity (Wildman–Crippen MR) is 27.0 cm³/mol. The number of amides is 1. The normalized spacial score (nSPS) is 27.2. The van der Waals surface area contributed by atoms with Crippen LogP contribution >= 0.6 is 0 Å². The number of aliphatic hydroxyl groups is 1. The van der Waals surface area contributed by atoms with Gasteiger partial charge in [0.2, 0.25) is 0 Å². The van der Waals surface area contributed by atoms with Crippen LogP contribution in [0.5, 0.6) is 0 Å². The Bertz CT molecular complexity index is 185. The summed E-state index contributed by atoms with van der Waals surface area (Å²) in [7, 11) is -1.49. The quantitative estimate of drug-likeness (QED) is 0.453. The van der Waals surface area contributed by atoms with E-state index in [9.17, 15) is 9.00 Å². The summed E-state index contributed by atoms with van der Waals surface area (Å²) in [5.74, 6) is -1.15. The molecular formula is C3H3NO3S.